The summed E-state index contributed by atoms with van der Waals surface area (Å²) < 4.78 is 9.00. The number of hydrogen-bond donors (Lipinski definition) is 0. The van der Waals surface area contributed by atoms with E-state index in [-0.39, 0.29) is 11.1 Å². The van der Waals surface area contributed by atoms with E-state index in [1.54, 1.807) is 31.4 Å². The number of hydrogen-bond acceptors (Lipinski definition) is 4. The van der Waals surface area contributed by atoms with E-state index in [1.807, 2.05) is 4.57 Å². The maximum absolute atomic E-state index is 12.8. The number of ether oxygens (including phenoxy) is 1. The third-order valence-corrected chi connectivity index (χ3v) is 4.59. The van der Waals surface area contributed by atoms with Crippen molar-refractivity contribution in [1.82, 2.24) is 9.13 Å². The largest absolute Gasteiger partial charge is 0.497 e. The molecule has 0 spiro atoms. The molecule has 0 radical (unpaired) electrons. The molecule has 1 aliphatic heterocycles. The Morgan fingerprint density at radius 3 is 2.61 bits per heavy atom. The molecule has 0 bridgehead atoms. The lowest BCUT2D eigenvalue weighted by molar-refractivity contribution is 0.414. The molecule has 0 saturated carbocycles. The summed E-state index contributed by atoms with van der Waals surface area (Å²) >= 11 is 5.56. The van der Waals surface area contributed by atoms with Crippen LogP contribution in [0.2, 0.25) is 0 Å². The predicted octanol–water partition coefficient (Wildman–Crippen LogP) is 2.98. The van der Waals surface area contributed by atoms with Gasteiger partial charge >= 0.3 is 0 Å². The molecule has 6 heteroatoms. The molecule has 3 rings (SSSR count). The summed E-state index contributed by atoms with van der Waals surface area (Å²) in [5, 5.41) is 9.48. The van der Waals surface area contributed by atoms with Crippen LogP contribution in [0.25, 0.3) is 5.69 Å². The molecule has 0 aliphatic carbocycles. The Morgan fingerprint density at radius 1 is 1.22 bits per heavy atom. The number of nitrogens with zero attached hydrogens (tertiary/aromatic N) is 3. The topological polar surface area (TPSA) is 59.9 Å². The van der Waals surface area contributed by atoms with Crippen molar-refractivity contribution < 1.29 is 4.74 Å². The second-order valence-corrected chi connectivity index (χ2v) is 5.88. The Kier molecular flexibility index (Phi) is 4.30. The fourth-order valence-corrected chi connectivity index (χ4v) is 3.38. The van der Waals surface area contributed by atoms with Crippen molar-refractivity contribution in [2.75, 3.05) is 7.11 Å². The van der Waals surface area contributed by atoms with Crippen LogP contribution in [0.1, 0.15) is 30.5 Å². The average molecular weight is 327 g/mol. The highest BCUT2D eigenvalue weighted by Gasteiger charge is 2.19. The molecule has 0 fully saturated rings. The van der Waals surface area contributed by atoms with Crippen LogP contribution >= 0.6 is 12.2 Å². The van der Waals surface area contributed by atoms with Gasteiger partial charge in [-0.1, -0.05) is 6.42 Å². The molecule has 23 heavy (non-hydrogen) atoms. The van der Waals surface area contributed by atoms with Crippen LogP contribution in [-0.4, -0.2) is 16.2 Å². The van der Waals surface area contributed by atoms with E-state index in [4.69, 9.17) is 17.0 Å². The van der Waals surface area contributed by atoms with E-state index in [9.17, 15) is 10.1 Å². The van der Waals surface area contributed by atoms with E-state index in [1.165, 1.54) is 4.57 Å². The van der Waals surface area contributed by atoms with Crippen molar-refractivity contribution in [3.8, 4) is 17.5 Å². The quantitative estimate of drug-likeness (QED) is 0.796. The summed E-state index contributed by atoms with van der Waals surface area (Å²) in [5.74, 6) is 0.704. The van der Waals surface area contributed by atoms with Gasteiger partial charge in [-0.2, -0.15) is 5.26 Å². The van der Waals surface area contributed by atoms with Crippen molar-refractivity contribution in [2.24, 2.45) is 0 Å². The number of nitriles is 1. The smallest absolute Gasteiger partial charge is 0.277 e. The fourth-order valence-electron chi connectivity index (χ4n) is 2.99. The lowest BCUT2D eigenvalue weighted by Gasteiger charge is -2.16. The van der Waals surface area contributed by atoms with Crippen molar-refractivity contribution in [3.05, 3.63) is 50.6 Å². The van der Waals surface area contributed by atoms with Gasteiger partial charge in [-0.3, -0.25) is 9.36 Å². The molecule has 0 saturated heterocycles. The minimum Gasteiger partial charge on any atom is -0.497 e. The zero-order chi connectivity index (χ0) is 16.4. The third-order valence-electron chi connectivity index (χ3n) is 4.19. The predicted molar refractivity (Wildman–Crippen MR) is 89.7 cm³/mol. The van der Waals surface area contributed by atoms with Crippen LogP contribution in [0.15, 0.2) is 29.1 Å². The standard InChI is InChI=1S/C17H17N3O2S/c1-22-13-8-6-12(7-9-13)20-16(21)14(11-18)15-5-3-2-4-10-19(15)17(20)23/h6-9H,2-5,10H2,1H3. The van der Waals surface area contributed by atoms with Gasteiger partial charge in [-0.05, 0) is 55.7 Å². The molecule has 5 nitrogen and oxygen atoms in total. The Morgan fingerprint density at radius 2 is 1.96 bits per heavy atom. The molecule has 0 N–H and O–H groups in total. The van der Waals surface area contributed by atoms with Gasteiger partial charge in [0, 0.05) is 12.2 Å². The van der Waals surface area contributed by atoms with Crippen molar-refractivity contribution >= 4 is 12.2 Å². The zero-order valence-corrected chi connectivity index (χ0v) is 13.7. The lowest BCUT2D eigenvalue weighted by atomic mass is 10.1. The first-order chi connectivity index (χ1) is 11.2. The summed E-state index contributed by atoms with van der Waals surface area (Å²) in [5.41, 5.74) is 1.30. The molecule has 2 heterocycles. The van der Waals surface area contributed by atoms with Crippen LogP contribution in [-0.2, 0) is 13.0 Å². The fraction of sp³-hybridized carbons (Fsp3) is 0.353. The third kappa shape index (κ3) is 2.68. The highest BCUT2D eigenvalue weighted by molar-refractivity contribution is 7.71. The Labute approximate surface area is 139 Å². The minimum atomic E-state index is -0.337. The number of aromatic nitrogens is 2. The van der Waals surface area contributed by atoms with Crippen molar-refractivity contribution in [1.29, 1.82) is 5.26 Å². The van der Waals surface area contributed by atoms with E-state index in [0.29, 0.717) is 16.2 Å². The van der Waals surface area contributed by atoms with Gasteiger partial charge in [0.05, 0.1) is 12.8 Å². The van der Waals surface area contributed by atoms with Gasteiger partial charge in [0.2, 0.25) is 0 Å². The van der Waals surface area contributed by atoms with E-state index in [0.717, 1.165) is 37.9 Å². The Balaban J connectivity index is 2.29. The summed E-state index contributed by atoms with van der Waals surface area (Å²) in [6.45, 7) is 0.749. The number of benzene rings is 1. The number of rotatable bonds is 2. The lowest BCUT2D eigenvalue weighted by Crippen LogP contribution is -2.29. The van der Waals surface area contributed by atoms with Crippen molar-refractivity contribution in [3.63, 3.8) is 0 Å². The first kappa shape index (κ1) is 15.5. The van der Waals surface area contributed by atoms with Gasteiger partial charge in [0.15, 0.2) is 4.77 Å². The first-order valence-corrected chi connectivity index (χ1v) is 8.01. The van der Waals surface area contributed by atoms with Crippen LogP contribution in [0.5, 0.6) is 5.75 Å². The molecule has 0 unspecified atom stereocenters. The molecule has 118 valence electrons. The van der Waals surface area contributed by atoms with E-state index >= 15 is 0 Å². The van der Waals surface area contributed by atoms with E-state index < -0.39 is 0 Å². The molecule has 1 aromatic carbocycles. The molecule has 0 amide bonds. The van der Waals surface area contributed by atoms with Gasteiger partial charge in [-0.15, -0.1) is 0 Å². The molecule has 1 aromatic heterocycles. The zero-order valence-electron chi connectivity index (χ0n) is 12.9. The highest BCUT2D eigenvalue weighted by atomic mass is 32.1. The Bertz CT molecular complexity index is 888. The summed E-state index contributed by atoms with van der Waals surface area (Å²) in [6.07, 6.45) is 3.80. The molecular formula is C17H17N3O2S. The second kappa shape index (κ2) is 6.39. The summed E-state index contributed by atoms with van der Waals surface area (Å²) in [4.78, 5) is 12.8. The van der Waals surface area contributed by atoms with Gasteiger partial charge in [-0.25, -0.2) is 0 Å². The second-order valence-electron chi connectivity index (χ2n) is 5.52. The Hall–Kier alpha value is -2.39. The van der Waals surface area contributed by atoms with Crippen LogP contribution in [0.4, 0.5) is 0 Å². The average Bonchev–Trinajstić information content (AvgIpc) is 2.82. The van der Waals surface area contributed by atoms with Crippen LogP contribution in [0.3, 0.4) is 0 Å². The van der Waals surface area contributed by atoms with Gasteiger partial charge in [0.1, 0.15) is 17.4 Å². The van der Waals surface area contributed by atoms with Crippen molar-refractivity contribution in [2.45, 2.75) is 32.2 Å². The summed E-state index contributed by atoms with van der Waals surface area (Å²) in [7, 11) is 1.59. The summed E-state index contributed by atoms with van der Waals surface area (Å²) in [6, 6.07) is 9.20. The normalized spacial score (nSPS) is 13.7. The monoisotopic (exact) mass is 327 g/mol. The number of methoxy groups -OCH3 is 1. The number of fused-ring (bicyclic) bond motifs is 1. The minimum absolute atomic E-state index is 0.205. The first-order valence-electron chi connectivity index (χ1n) is 7.60. The van der Waals surface area contributed by atoms with Crippen LogP contribution in [0, 0.1) is 16.1 Å². The van der Waals surface area contributed by atoms with Crippen LogP contribution < -0.4 is 10.3 Å². The van der Waals surface area contributed by atoms with E-state index in [2.05, 4.69) is 6.07 Å². The maximum Gasteiger partial charge on any atom is 0.277 e. The van der Waals surface area contributed by atoms with Gasteiger partial charge in [0.25, 0.3) is 5.56 Å². The SMILES string of the molecule is COc1ccc(-n2c(=O)c(C#N)c3n(c2=S)CCCCC3)cc1. The molecule has 1 aliphatic rings. The maximum atomic E-state index is 12.8. The van der Waals surface area contributed by atoms with Gasteiger partial charge < -0.3 is 9.30 Å². The molecular weight excluding hydrogens is 310 g/mol. The highest BCUT2D eigenvalue weighted by Crippen LogP contribution is 2.19. The molecule has 0 atom stereocenters. The molecule has 2 aromatic rings.